The molecule has 0 unspecified atom stereocenters. The van der Waals surface area contributed by atoms with Crippen molar-refractivity contribution in [2.24, 2.45) is 0 Å². The summed E-state index contributed by atoms with van der Waals surface area (Å²) >= 11 is 0. The molecule has 0 aliphatic rings. The van der Waals surface area contributed by atoms with Crippen LogP contribution in [0.2, 0.25) is 0 Å². The van der Waals surface area contributed by atoms with Crippen molar-refractivity contribution in [2.45, 2.75) is 13.3 Å². The number of fused-ring (bicyclic) bond motifs is 1. The molecule has 178 valence electrons. The quantitative estimate of drug-likeness (QED) is 0.394. The molecule has 0 bridgehead atoms. The van der Waals surface area contributed by atoms with Crippen LogP contribution in [0.4, 0.5) is 16.2 Å². The average molecular weight is 480 g/mol. The van der Waals surface area contributed by atoms with Crippen LogP contribution in [0.15, 0.2) is 83.8 Å². The zero-order valence-electron chi connectivity index (χ0n) is 19.4. The van der Waals surface area contributed by atoms with Gasteiger partial charge < -0.3 is 11.5 Å². The molecular weight excluding hydrogens is 457 g/mol. The number of nitrogens with two attached hydrogens (primary N) is 2. The first-order chi connectivity index (χ1) is 17.4. The molecule has 5 aromatic rings. The van der Waals surface area contributed by atoms with Gasteiger partial charge in [0.1, 0.15) is 29.1 Å². The number of benzene rings is 3. The Morgan fingerprint density at radius 1 is 0.972 bits per heavy atom. The van der Waals surface area contributed by atoms with Crippen molar-refractivity contribution in [3.63, 3.8) is 0 Å². The minimum atomic E-state index is -0.304. The number of nitriles is 1. The van der Waals surface area contributed by atoms with E-state index in [1.807, 2.05) is 61.5 Å². The molecule has 0 radical (unpaired) electrons. The van der Waals surface area contributed by atoms with Crippen molar-refractivity contribution in [3.05, 3.63) is 107 Å². The molecule has 0 fully saturated rings. The summed E-state index contributed by atoms with van der Waals surface area (Å²) in [7, 11) is 0. The van der Waals surface area contributed by atoms with Crippen LogP contribution >= 0.6 is 0 Å². The molecule has 36 heavy (non-hydrogen) atoms. The average Bonchev–Trinajstić information content (AvgIpc) is 2.89. The standard InChI is InChI=1S/C22H17FN2O.C5H5N5/c1-2-20-24-19-10-6-9-18(15-11-13-16(23)14-12-15)21(19)22(26)25(20)17-7-4-3-5-8-17;6-1-3-2-9-5(8)10-4(3)7/h3-14H,2H2,1H3;2H,(H4,7,8,9,10). The van der Waals surface area contributed by atoms with E-state index in [9.17, 15) is 9.18 Å². The molecule has 5 rings (SSSR count). The van der Waals surface area contributed by atoms with E-state index in [1.54, 1.807) is 16.7 Å². The summed E-state index contributed by atoms with van der Waals surface area (Å²) in [5.74, 6) is 0.610. The Labute approximate surface area is 206 Å². The molecule has 9 heteroatoms. The highest BCUT2D eigenvalue weighted by atomic mass is 19.1. The van der Waals surface area contributed by atoms with Gasteiger partial charge in [0, 0.05) is 6.42 Å². The zero-order valence-corrected chi connectivity index (χ0v) is 19.4. The summed E-state index contributed by atoms with van der Waals surface area (Å²) in [5, 5.41) is 8.90. The van der Waals surface area contributed by atoms with Gasteiger partial charge in [0.2, 0.25) is 5.95 Å². The van der Waals surface area contributed by atoms with Gasteiger partial charge in [-0.15, -0.1) is 0 Å². The Kier molecular flexibility index (Phi) is 6.97. The maximum atomic E-state index is 13.4. The van der Waals surface area contributed by atoms with Crippen LogP contribution in [-0.2, 0) is 6.42 Å². The van der Waals surface area contributed by atoms with Gasteiger partial charge in [-0.05, 0) is 41.5 Å². The number of rotatable bonds is 3. The van der Waals surface area contributed by atoms with E-state index in [1.165, 1.54) is 18.3 Å². The molecule has 0 saturated carbocycles. The van der Waals surface area contributed by atoms with Crippen LogP contribution in [0.5, 0.6) is 0 Å². The van der Waals surface area contributed by atoms with Crippen molar-refractivity contribution in [1.29, 1.82) is 5.26 Å². The molecule has 0 aliphatic carbocycles. The van der Waals surface area contributed by atoms with Crippen LogP contribution in [0, 0.1) is 17.1 Å². The van der Waals surface area contributed by atoms with E-state index in [0.29, 0.717) is 23.1 Å². The van der Waals surface area contributed by atoms with Crippen LogP contribution in [0.3, 0.4) is 0 Å². The van der Waals surface area contributed by atoms with Gasteiger partial charge in [0.25, 0.3) is 5.56 Å². The summed E-state index contributed by atoms with van der Waals surface area (Å²) in [6.07, 6.45) is 1.93. The lowest BCUT2D eigenvalue weighted by Crippen LogP contribution is -2.24. The lowest BCUT2D eigenvalue weighted by atomic mass is 10.0. The largest absolute Gasteiger partial charge is 0.382 e. The first kappa shape index (κ1) is 24.0. The summed E-state index contributed by atoms with van der Waals surface area (Å²) < 4.78 is 15.0. The second-order valence-corrected chi connectivity index (χ2v) is 7.70. The Bertz CT molecular complexity index is 1630. The minimum absolute atomic E-state index is 0.0801. The van der Waals surface area contributed by atoms with Crippen LogP contribution in [0.25, 0.3) is 27.7 Å². The molecule has 2 heterocycles. The highest BCUT2D eigenvalue weighted by Gasteiger charge is 2.15. The molecule has 2 aromatic heterocycles. The third-order valence-electron chi connectivity index (χ3n) is 5.41. The molecule has 8 nitrogen and oxygen atoms in total. The second kappa shape index (κ2) is 10.4. The topological polar surface area (TPSA) is 136 Å². The minimum Gasteiger partial charge on any atom is -0.382 e. The van der Waals surface area contributed by atoms with Crippen LogP contribution < -0.4 is 17.0 Å². The van der Waals surface area contributed by atoms with E-state index in [-0.39, 0.29) is 28.7 Å². The Hall–Kier alpha value is -5.10. The van der Waals surface area contributed by atoms with E-state index >= 15 is 0 Å². The number of aromatic nitrogens is 4. The predicted molar refractivity (Wildman–Crippen MR) is 138 cm³/mol. The number of nitrogen functional groups attached to an aromatic ring is 2. The lowest BCUT2D eigenvalue weighted by Gasteiger charge is -2.14. The Morgan fingerprint density at radius 2 is 1.69 bits per heavy atom. The third kappa shape index (κ3) is 4.88. The van der Waals surface area contributed by atoms with Gasteiger partial charge >= 0.3 is 0 Å². The number of hydrogen-bond acceptors (Lipinski definition) is 7. The Balaban J connectivity index is 0.000000256. The number of halogens is 1. The highest BCUT2D eigenvalue weighted by molar-refractivity contribution is 5.94. The van der Waals surface area contributed by atoms with Crippen molar-refractivity contribution in [3.8, 4) is 22.9 Å². The SMILES string of the molecule is CCc1nc2cccc(-c3ccc(F)cc3)c2c(=O)n1-c1ccccc1.N#Cc1cnc(N)nc1N. The number of nitrogens with zero attached hydrogens (tertiary/aromatic N) is 5. The van der Waals surface area contributed by atoms with Gasteiger partial charge in [-0.3, -0.25) is 9.36 Å². The van der Waals surface area contributed by atoms with Gasteiger partial charge in [0.05, 0.1) is 22.8 Å². The maximum absolute atomic E-state index is 13.4. The second-order valence-electron chi connectivity index (χ2n) is 7.70. The smallest absolute Gasteiger partial charge is 0.266 e. The fraction of sp³-hybridized carbons (Fsp3) is 0.0741. The number of aryl methyl sites for hydroxylation is 1. The fourth-order valence-corrected chi connectivity index (χ4v) is 3.72. The van der Waals surface area contributed by atoms with Gasteiger partial charge in [-0.2, -0.15) is 10.2 Å². The Morgan fingerprint density at radius 3 is 2.33 bits per heavy atom. The van der Waals surface area contributed by atoms with E-state index in [0.717, 1.165) is 16.8 Å². The number of hydrogen-bond donors (Lipinski definition) is 2. The number of para-hydroxylation sites is 1. The van der Waals surface area contributed by atoms with Gasteiger partial charge in [-0.1, -0.05) is 49.4 Å². The highest BCUT2D eigenvalue weighted by Crippen LogP contribution is 2.26. The summed E-state index contributed by atoms with van der Waals surface area (Å²) in [6.45, 7) is 1.98. The molecule has 0 spiro atoms. The first-order valence-electron chi connectivity index (χ1n) is 11.1. The summed E-state index contributed by atoms with van der Waals surface area (Å²) in [6, 6.07) is 23.1. The number of anilines is 2. The van der Waals surface area contributed by atoms with Crippen molar-refractivity contribution in [1.82, 2.24) is 19.5 Å². The molecule has 0 atom stereocenters. The first-order valence-corrected chi connectivity index (χ1v) is 11.1. The molecule has 0 saturated heterocycles. The van der Waals surface area contributed by atoms with Crippen molar-refractivity contribution in [2.75, 3.05) is 11.5 Å². The normalized spacial score (nSPS) is 10.4. The van der Waals surface area contributed by atoms with Crippen LogP contribution in [-0.4, -0.2) is 19.5 Å². The van der Waals surface area contributed by atoms with Crippen LogP contribution in [0.1, 0.15) is 18.3 Å². The molecule has 4 N–H and O–H groups in total. The van der Waals surface area contributed by atoms with Crippen molar-refractivity contribution < 1.29 is 4.39 Å². The molecule has 0 aliphatic heterocycles. The van der Waals surface area contributed by atoms with E-state index in [4.69, 9.17) is 21.7 Å². The van der Waals surface area contributed by atoms with E-state index in [2.05, 4.69) is 9.97 Å². The summed E-state index contributed by atoms with van der Waals surface area (Å²) in [4.78, 5) is 25.3. The van der Waals surface area contributed by atoms with Crippen molar-refractivity contribution >= 4 is 22.7 Å². The predicted octanol–water partition coefficient (Wildman–Crippen LogP) is 4.27. The molecular formula is C27H22FN7O. The monoisotopic (exact) mass is 479 g/mol. The lowest BCUT2D eigenvalue weighted by molar-refractivity contribution is 0.628. The molecule has 3 aromatic carbocycles. The summed E-state index contributed by atoms with van der Waals surface area (Å²) in [5.41, 5.74) is 13.6. The van der Waals surface area contributed by atoms with Gasteiger partial charge in [0.15, 0.2) is 0 Å². The molecule has 0 amide bonds. The third-order valence-corrected chi connectivity index (χ3v) is 5.41. The van der Waals surface area contributed by atoms with Gasteiger partial charge in [-0.25, -0.2) is 14.4 Å². The van der Waals surface area contributed by atoms with E-state index < -0.39 is 0 Å². The maximum Gasteiger partial charge on any atom is 0.266 e. The zero-order chi connectivity index (χ0) is 25.7. The fourth-order valence-electron chi connectivity index (χ4n) is 3.72.